The zero-order valence-electron chi connectivity index (χ0n) is 13.5. The maximum atomic E-state index is 12.7. The van der Waals surface area contributed by atoms with Crippen molar-refractivity contribution in [1.82, 2.24) is 0 Å². The maximum absolute atomic E-state index is 12.7. The molecule has 1 amide bonds. The van der Waals surface area contributed by atoms with Crippen LogP contribution in [-0.4, -0.2) is 38.0 Å². The normalized spacial score (nSPS) is 15.4. The van der Waals surface area contributed by atoms with Gasteiger partial charge in [-0.2, -0.15) is 10.1 Å². The molecule has 0 aromatic heterocycles. The number of aromatic hydroxyl groups is 3. The molecule has 0 radical (unpaired) electrons. The summed E-state index contributed by atoms with van der Waals surface area (Å²) < 4.78 is 0. The summed E-state index contributed by atoms with van der Waals surface area (Å²) in [5, 5.41) is 42.8. The van der Waals surface area contributed by atoms with E-state index in [-0.39, 0.29) is 28.3 Å². The van der Waals surface area contributed by atoms with Crippen molar-refractivity contribution in [2.75, 3.05) is 5.01 Å². The fourth-order valence-electron chi connectivity index (χ4n) is 2.48. The molecule has 0 aliphatic carbocycles. The first kappa shape index (κ1) is 17.0. The van der Waals surface area contributed by atoms with Crippen LogP contribution in [-0.2, 0) is 4.79 Å². The lowest BCUT2D eigenvalue weighted by Crippen LogP contribution is -2.21. The number of aromatic carboxylic acids is 1. The molecule has 2 aromatic rings. The standard InChI is InChI=1S/C18H14N2O6/c1-9-12(6-10-2-4-15(22)16(23)7-10)17(24)20(19-9)11-3-5-14(21)13(8-11)18(25)26/h2-8,21-23H,1H3,(H,25,26)/b12-6-. The molecule has 1 aliphatic rings. The molecule has 26 heavy (non-hydrogen) atoms. The van der Waals surface area contributed by atoms with Crippen molar-refractivity contribution in [3.8, 4) is 17.2 Å². The SMILES string of the molecule is CC1=NN(c2ccc(O)c(C(=O)O)c2)C(=O)/C1=C\c1ccc(O)c(O)c1. The number of amides is 1. The van der Waals surface area contributed by atoms with Gasteiger partial charge in [-0.3, -0.25) is 4.79 Å². The first-order valence-electron chi connectivity index (χ1n) is 7.48. The van der Waals surface area contributed by atoms with E-state index < -0.39 is 17.6 Å². The molecular weight excluding hydrogens is 340 g/mol. The molecular formula is C18H14N2O6. The number of carboxylic acids is 1. The minimum absolute atomic E-state index is 0.196. The number of phenolic OH excluding ortho intramolecular Hbond substituents is 2. The highest BCUT2D eigenvalue weighted by Crippen LogP contribution is 2.30. The molecule has 8 nitrogen and oxygen atoms in total. The molecule has 0 fully saturated rings. The second kappa shape index (κ2) is 6.25. The fraction of sp³-hybridized carbons (Fsp3) is 0.0556. The van der Waals surface area contributed by atoms with E-state index in [0.717, 1.165) is 11.1 Å². The molecule has 1 heterocycles. The van der Waals surface area contributed by atoms with E-state index in [2.05, 4.69) is 5.10 Å². The first-order valence-corrected chi connectivity index (χ1v) is 7.48. The number of anilines is 1. The van der Waals surface area contributed by atoms with Crippen LogP contribution in [0.15, 0.2) is 47.1 Å². The Morgan fingerprint density at radius 3 is 2.38 bits per heavy atom. The lowest BCUT2D eigenvalue weighted by molar-refractivity contribution is -0.114. The quantitative estimate of drug-likeness (QED) is 0.494. The van der Waals surface area contributed by atoms with Gasteiger partial charge in [0.1, 0.15) is 11.3 Å². The minimum atomic E-state index is -1.33. The number of benzene rings is 2. The number of carboxylic acid groups (broad SMARTS) is 1. The second-order valence-electron chi connectivity index (χ2n) is 5.62. The van der Waals surface area contributed by atoms with Crippen LogP contribution in [0.3, 0.4) is 0 Å². The van der Waals surface area contributed by atoms with E-state index in [1.807, 2.05) is 0 Å². The molecule has 0 unspecified atom stereocenters. The van der Waals surface area contributed by atoms with Crippen molar-refractivity contribution in [2.45, 2.75) is 6.92 Å². The van der Waals surface area contributed by atoms with Crippen molar-refractivity contribution in [3.05, 3.63) is 53.1 Å². The average molecular weight is 354 g/mol. The average Bonchev–Trinajstić information content (AvgIpc) is 2.86. The topological polar surface area (TPSA) is 131 Å². The smallest absolute Gasteiger partial charge is 0.339 e. The number of carbonyl (C=O) groups excluding carboxylic acids is 1. The second-order valence-corrected chi connectivity index (χ2v) is 5.62. The van der Waals surface area contributed by atoms with Crippen LogP contribution < -0.4 is 5.01 Å². The Bertz CT molecular complexity index is 993. The van der Waals surface area contributed by atoms with Gasteiger partial charge in [0, 0.05) is 0 Å². The summed E-state index contributed by atoms with van der Waals surface area (Å²) >= 11 is 0. The number of hydrazone groups is 1. The van der Waals surface area contributed by atoms with E-state index in [9.17, 15) is 24.9 Å². The maximum Gasteiger partial charge on any atom is 0.339 e. The minimum Gasteiger partial charge on any atom is -0.507 e. The Labute approximate surface area is 147 Å². The fourth-order valence-corrected chi connectivity index (χ4v) is 2.48. The predicted molar refractivity (Wildman–Crippen MR) is 93.4 cm³/mol. The Hall–Kier alpha value is -3.81. The van der Waals surface area contributed by atoms with E-state index in [0.29, 0.717) is 11.3 Å². The van der Waals surface area contributed by atoms with Gasteiger partial charge in [0.05, 0.1) is 17.0 Å². The summed E-state index contributed by atoms with van der Waals surface area (Å²) in [7, 11) is 0. The molecule has 1 aliphatic heterocycles. The number of nitrogens with zero attached hydrogens (tertiary/aromatic N) is 2. The Kier molecular flexibility index (Phi) is 4.09. The number of hydrogen-bond donors (Lipinski definition) is 4. The lowest BCUT2D eigenvalue weighted by Gasteiger charge is -2.13. The largest absolute Gasteiger partial charge is 0.507 e. The van der Waals surface area contributed by atoms with Gasteiger partial charge in [0.2, 0.25) is 0 Å². The summed E-state index contributed by atoms with van der Waals surface area (Å²) in [5.74, 6) is -2.82. The summed E-state index contributed by atoms with van der Waals surface area (Å²) in [4.78, 5) is 23.8. The van der Waals surface area contributed by atoms with Crippen LogP contribution in [0.4, 0.5) is 5.69 Å². The van der Waals surface area contributed by atoms with Gasteiger partial charge in [-0.05, 0) is 48.9 Å². The molecule has 8 heteroatoms. The van der Waals surface area contributed by atoms with Crippen molar-refractivity contribution in [1.29, 1.82) is 0 Å². The van der Waals surface area contributed by atoms with Crippen molar-refractivity contribution in [2.24, 2.45) is 5.10 Å². The van der Waals surface area contributed by atoms with E-state index in [1.165, 1.54) is 36.4 Å². The Morgan fingerprint density at radius 2 is 1.73 bits per heavy atom. The highest BCUT2D eigenvalue weighted by molar-refractivity contribution is 6.32. The Balaban J connectivity index is 1.98. The van der Waals surface area contributed by atoms with Crippen molar-refractivity contribution in [3.63, 3.8) is 0 Å². The van der Waals surface area contributed by atoms with Gasteiger partial charge in [-0.15, -0.1) is 0 Å². The number of carbonyl (C=O) groups is 2. The van der Waals surface area contributed by atoms with Crippen LogP contribution in [0.1, 0.15) is 22.8 Å². The molecule has 0 spiro atoms. The summed E-state index contributed by atoms with van der Waals surface area (Å²) in [6, 6.07) is 7.83. The molecule has 132 valence electrons. The molecule has 0 bridgehead atoms. The lowest BCUT2D eigenvalue weighted by atomic mass is 10.1. The van der Waals surface area contributed by atoms with Crippen LogP contribution in [0, 0.1) is 0 Å². The zero-order chi connectivity index (χ0) is 19.0. The summed E-state index contributed by atoms with van der Waals surface area (Å²) in [5.41, 5.74) is 0.982. The van der Waals surface area contributed by atoms with Gasteiger partial charge < -0.3 is 20.4 Å². The van der Waals surface area contributed by atoms with Crippen LogP contribution in [0.25, 0.3) is 6.08 Å². The monoisotopic (exact) mass is 354 g/mol. The van der Waals surface area contributed by atoms with Crippen LogP contribution in [0.5, 0.6) is 17.2 Å². The summed E-state index contributed by atoms with van der Waals surface area (Å²) in [6.07, 6.45) is 1.50. The van der Waals surface area contributed by atoms with Gasteiger partial charge in [-0.25, -0.2) is 4.79 Å². The number of phenols is 3. The molecule has 2 aromatic carbocycles. The third kappa shape index (κ3) is 2.95. The Morgan fingerprint density at radius 1 is 1.04 bits per heavy atom. The summed E-state index contributed by atoms with van der Waals surface area (Å²) in [6.45, 7) is 1.61. The molecule has 0 saturated heterocycles. The highest BCUT2D eigenvalue weighted by atomic mass is 16.4. The van der Waals surface area contributed by atoms with Crippen LogP contribution >= 0.6 is 0 Å². The van der Waals surface area contributed by atoms with Gasteiger partial charge in [-0.1, -0.05) is 6.07 Å². The van der Waals surface area contributed by atoms with Crippen molar-refractivity contribution < 1.29 is 30.0 Å². The first-order chi connectivity index (χ1) is 12.3. The van der Waals surface area contributed by atoms with Gasteiger partial charge >= 0.3 is 5.97 Å². The molecule has 0 saturated carbocycles. The van der Waals surface area contributed by atoms with Gasteiger partial charge in [0.25, 0.3) is 5.91 Å². The van der Waals surface area contributed by atoms with Gasteiger partial charge in [0.15, 0.2) is 11.5 Å². The number of hydrogen-bond acceptors (Lipinski definition) is 6. The third-order valence-electron chi connectivity index (χ3n) is 3.83. The van der Waals surface area contributed by atoms with Crippen LogP contribution in [0.2, 0.25) is 0 Å². The van der Waals surface area contributed by atoms with E-state index in [4.69, 9.17) is 5.11 Å². The van der Waals surface area contributed by atoms with Crippen molar-refractivity contribution >= 4 is 29.4 Å². The molecule has 4 N–H and O–H groups in total. The third-order valence-corrected chi connectivity index (χ3v) is 3.83. The zero-order valence-corrected chi connectivity index (χ0v) is 13.5. The van der Waals surface area contributed by atoms with E-state index >= 15 is 0 Å². The van der Waals surface area contributed by atoms with E-state index in [1.54, 1.807) is 6.92 Å². The molecule has 0 atom stereocenters. The highest BCUT2D eigenvalue weighted by Gasteiger charge is 2.29. The molecule has 3 rings (SSSR count). The predicted octanol–water partition coefficient (Wildman–Crippen LogP) is 2.31. The number of rotatable bonds is 3.